The zero-order chi connectivity index (χ0) is 13.5. The molecule has 0 heterocycles. The molecule has 1 N–H and O–H groups in total. The fourth-order valence-corrected chi connectivity index (χ4v) is 1.40. The Labute approximate surface area is 112 Å². The molecule has 5 nitrogen and oxygen atoms in total. The molecule has 18 heavy (non-hydrogen) atoms. The number of carboxylic acids is 1. The van der Waals surface area contributed by atoms with Crippen molar-refractivity contribution in [2.45, 2.75) is 19.4 Å². The highest BCUT2D eigenvalue weighted by Crippen LogP contribution is 2.11. The molecule has 0 aromatic heterocycles. The molecule has 0 aliphatic heterocycles. The maximum absolute atomic E-state index is 11.2. The van der Waals surface area contributed by atoms with E-state index in [-0.39, 0.29) is 19.4 Å². The molecule has 0 spiro atoms. The van der Waals surface area contributed by atoms with Gasteiger partial charge in [-0.3, -0.25) is 9.59 Å². The highest BCUT2D eigenvalue weighted by Gasteiger charge is 2.16. The number of carboxylic acid groups (broad SMARTS) is 1. The predicted octanol–water partition coefficient (Wildman–Crippen LogP) is 1.93. The molecular weight excluding hydrogens is 304 g/mol. The second kappa shape index (κ2) is 6.90. The number of hydrogen-bond donors (Lipinski definition) is 1. The second-order valence-corrected chi connectivity index (χ2v) is 4.44. The third-order valence-corrected chi connectivity index (χ3v) is 2.61. The second-order valence-electron chi connectivity index (χ2n) is 3.52. The summed E-state index contributed by atoms with van der Waals surface area (Å²) in [5, 5.41) is 8.37. The number of aliphatic carboxylic acids is 1. The van der Waals surface area contributed by atoms with Crippen LogP contribution in [0.25, 0.3) is 0 Å². The minimum atomic E-state index is -1.12. The summed E-state index contributed by atoms with van der Waals surface area (Å²) in [7, 11) is 0. The SMILES string of the molecule is O=C(O)CCC(=O)C(=O)OCc1ccc(Br)cc1. The van der Waals surface area contributed by atoms with Gasteiger partial charge >= 0.3 is 11.9 Å². The lowest BCUT2D eigenvalue weighted by atomic mass is 10.2. The van der Waals surface area contributed by atoms with E-state index < -0.39 is 17.7 Å². The van der Waals surface area contributed by atoms with Gasteiger partial charge in [-0.05, 0) is 17.7 Å². The van der Waals surface area contributed by atoms with E-state index in [1.54, 1.807) is 24.3 Å². The van der Waals surface area contributed by atoms with Gasteiger partial charge in [0.2, 0.25) is 5.78 Å². The van der Waals surface area contributed by atoms with Crippen molar-refractivity contribution < 1.29 is 24.2 Å². The lowest BCUT2D eigenvalue weighted by Crippen LogP contribution is -2.18. The molecule has 0 saturated heterocycles. The number of hydrogen-bond acceptors (Lipinski definition) is 4. The number of Topliss-reactive ketones (excluding diaryl/α,β-unsaturated/α-hetero) is 1. The van der Waals surface area contributed by atoms with Gasteiger partial charge in [-0.15, -0.1) is 0 Å². The molecule has 0 radical (unpaired) electrons. The number of carbonyl (C=O) groups excluding carboxylic acids is 2. The van der Waals surface area contributed by atoms with E-state index in [2.05, 4.69) is 15.9 Å². The van der Waals surface area contributed by atoms with Gasteiger partial charge in [-0.1, -0.05) is 28.1 Å². The molecule has 0 amide bonds. The lowest BCUT2D eigenvalue weighted by Gasteiger charge is -2.03. The number of ether oxygens (including phenoxy) is 1. The molecule has 1 aromatic carbocycles. The van der Waals surface area contributed by atoms with E-state index in [1.165, 1.54) is 0 Å². The Morgan fingerprint density at radius 2 is 1.72 bits per heavy atom. The molecule has 1 aromatic rings. The first-order valence-corrected chi connectivity index (χ1v) is 5.94. The summed E-state index contributed by atoms with van der Waals surface area (Å²) in [4.78, 5) is 32.6. The largest absolute Gasteiger partial charge is 0.481 e. The maximum Gasteiger partial charge on any atom is 0.374 e. The van der Waals surface area contributed by atoms with Gasteiger partial charge in [0, 0.05) is 10.9 Å². The van der Waals surface area contributed by atoms with Crippen molar-refractivity contribution in [2.75, 3.05) is 0 Å². The fourth-order valence-electron chi connectivity index (χ4n) is 1.13. The molecule has 0 atom stereocenters. The molecule has 0 aliphatic carbocycles. The first-order chi connectivity index (χ1) is 8.49. The van der Waals surface area contributed by atoms with Crippen molar-refractivity contribution >= 4 is 33.7 Å². The van der Waals surface area contributed by atoms with E-state index in [9.17, 15) is 14.4 Å². The first-order valence-electron chi connectivity index (χ1n) is 5.15. The Bertz CT molecular complexity index is 452. The van der Waals surface area contributed by atoms with E-state index in [1.807, 2.05) is 0 Å². The molecule has 0 fully saturated rings. The van der Waals surface area contributed by atoms with Gasteiger partial charge in [-0.2, -0.15) is 0 Å². The zero-order valence-corrected chi connectivity index (χ0v) is 11.0. The average Bonchev–Trinajstić information content (AvgIpc) is 2.34. The predicted molar refractivity (Wildman–Crippen MR) is 65.8 cm³/mol. The van der Waals surface area contributed by atoms with E-state index >= 15 is 0 Å². The first kappa shape index (κ1) is 14.4. The van der Waals surface area contributed by atoms with Crippen LogP contribution in [-0.2, 0) is 25.7 Å². The molecule has 0 saturated carbocycles. The Hall–Kier alpha value is -1.69. The number of halogens is 1. The average molecular weight is 315 g/mol. The van der Waals surface area contributed by atoms with Crippen LogP contribution in [0, 0.1) is 0 Å². The summed E-state index contributed by atoms with van der Waals surface area (Å²) in [5.74, 6) is -2.95. The van der Waals surface area contributed by atoms with Crippen molar-refractivity contribution in [3.05, 3.63) is 34.3 Å². The number of benzene rings is 1. The van der Waals surface area contributed by atoms with Crippen LogP contribution in [0.1, 0.15) is 18.4 Å². The highest BCUT2D eigenvalue weighted by atomic mass is 79.9. The van der Waals surface area contributed by atoms with E-state index in [4.69, 9.17) is 9.84 Å². The van der Waals surface area contributed by atoms with Crippen LogP contribution in [0.2, 0.25) is 0 Å². The van der Waals surface area contributed by atoms with Gasteiger partial charge in [0.1, 0.15) is 6.61 Å². The summed E-state index contributed by atoms with van der Waals surface area (Å²) in [6.45, 7) is -0.00900. The third-order valence-electron chi connectivity index (χ3n) is 2.08. The molecule has 0 aliphatic rings. The number of rotatable bonds is 6. The third kappa shape index (κ3) is 5.09. The van der Waals surface area contributed by atoms with Crippen molar-refractivity contribution in [1.82, 2.24) is 0 Å². The van der Waals surface area contributed by atoms with Gasteiger partial charge < -0.3 is 9.84 Å². The summed E-state index contributed by atoms with van der Waals surface area (Å²) in [6.07, 6.45) is -0.708. The van der Waals surface area contributed by atoms with Gasteiger partial charge in [0.15, 0.2) is 0 Å². The van der Waals surface area contributed by atoms with E-state index in [0.29, 0.717) is 0 Å². The molecule has 6 heteroatoms. The number of ketones is 1. The van der Waals surface area contributed by atoms with Crippen LogP contribution < -0.4 is 0 Å². The zero-order valence-electron chi connectivity index (χ0n) is 9.39. The Kier molecular flexibility index (Phi) is 5.51. The quantitative estimate of drug-likeness (QED) is 0.641. The topological polar surface area (TPSA) is 80.7 Å². The van der Waals surface area contributed by atoms with Crippen molar-refractivity contribution in [3.63, 3.8) is 0 Å². The van der Waals surface area contributed by atoms with Crippen LogP contribution in [0.3, 0.4) is 0 Å². The Morgan fingerprint density at radius 1 is 1.11 bits per heavy atom. The fraction of sp³-hybridized carbons (Fsp3) is 0.250. The Balaban J connectivity index is 2.38. The van der Waals surface area contributed by atoms with Crippen LogP contribution in [-0.4, -0.2) is 22.8 Å². The van der Waals surface area contributed by atoms with Crippen molar-refractivity contribution in [1.29, 1.82) is 0 Å². The molecule has 0 bridgehead atoms. The van der Waals surface area contributed by atoms with Crippen LogP contribution >= 0.6 is 15.9 Å². The summed E-state index contributed by atoms with van der Waals surface area (Å²) >= 11 is 3.27. The number of esters is 1. The molecule has 1 rings (SSSR count). The summed E-state index contributed by atoms with van der Waals surface area (Å²) in [6, 6.07) is 7.07. The van der Waals surface area contributed by atoms with Gasteiger partial charge in [0.05, 0.1) is 6.42 Å². The van der Waals surface area contributed by atoms with Crippen LogP contribution in [0.4, 0.5) is 0 Å². The number of carbonyl (C=O) groups is 3. The van der Waals surface area contributed by atoms with E-state index in [0.717, 1.165) is 10.0 Å². The standard InChI is InChI=1S/C12H11BrO5/c13-9-3-1-8(2-4-9)7-18-12(17)10(14)5-6-11(15)16/h1-4H,5-7H2,(H,15,16). The lowest BCUT2D eigenvalue weighted by molar-refractivity contribution is -0.155. The maximum atomic E-state index is 11.2. The summed E-state index contributed by atoms with van der Waals surface area (Å²) < 4.78 is 5.66. The minimum Gasteiger partial charge on any atom is -0.481 e. The van der Waals surface area contributed by atoms with Gasteiger partial charge in [-0.25, -0.2) is 4.79 Å². The molecule has 0 unspecified atom stereocenters. The van der Waals surface area contributed by atoms with Crippen LogP contribution in [0.15, 0.2) is 28.7 Å². The monoisotopic (exact) mass is 314 g/mol. The normalized spacial score (nSPS) is 9.83. The van der Waals surface area contributed by atoms with Gasteiger partial charge in [0.25, 0.3) is 0 Å². The van der Waals surface area contributed by atoms with Crippen LogP contribution in [0.5, 0.6) is 0 Å². The highest BCUT2D eigenvalue weighted by molar-refractivity contribution is 9.10. The molecular formula is C12H11BrO5. The minimum absolute atomic E-state index is 0.00900. The molecule has 96 valence electrons. The van der Waals surface area contributed by atoms with Crippen molar-refractivity contribution in [3.8, 4) is 0 Å². The van der Waals surface area contributed by atoms with Crippen molar-refractivity contribution in [2.24, 2.45) is 0 Å². The smallest absolute Gasteiger partial charge is 0.374 e. The Morgan fingerprint density at radius 3 is 2.28 bits per heavy atom. The summed E-state index contributed by atoms with van der Waals surface area (Å²) in [5.41, 5.74) is 0.748.